The van der Waals surface area contributed by atoms with Crippen LogP contribution in [0, 0.1) is 49.4 Å². The number of carbonyl (C=O) groups excluding carboxylic acids is 2. The summed E-state index contributed by atoms with van der Waals surface area (Å²) in [5.41, 5.74) is 10.9. The average molecular weight is 1490 g/mol. The number of carbonyl (C=O) groups is 2. The van der Waals surface area contributed by atoms with Crippen molar-refractivity contribution in [2.75, 3.05) is 0 Å². The lowest BCUT2D eigenvalue weighted by Gasteiger charge is -2.22. The van der Waals surface area contributed by atoms with Gasteiger partial charge in [-0.2, -0.15) is 25.5 Å². The smallest absolute Gasteiger partial charge is 0.267 e. The van der Waals surface area contributed by atoms with Crippen LogP contribution < -0.4 is 32.6 Å². The molecule has 28 nitrogen and oxygen atoms in total. The molecule has 0 unspecified atom stereocenters. The van der Waals surface area contributed by atoms with E-state index >= 15 is 0 Å². The molecule has 113 heavy (non-hydrogen) atoms. The fraction of sp³-hybridized carbons (Fsp3) is 0.118. The maximum atomic E-state index is 14.2. The zero-order valence-electron chi connectivity index (χ0n) is 61.8. The number of rotatable bonds is 12. The lowest BCUT2D eigenvalue weighted by atomic mass is 10.1. The highest BCUT2D eigenvalue weighted by Crippen LogP contribution is 2.27. The van der Waals surface area contributed by atoms with E-state index in [4.69, 9.17) is 9.97 Å². The minimum atomic E-state index is -0.632. The molecule has 2 amide bonds. The van der Waals surface area contributed by atoms with Crippen LogP contribution in [0.1, 0.15) is 128 Å². The molecule has 0 saturated carbocycles. The van der Waals surface area contributed by atoms with Gasteiger partial charge in [-0.15, -0.1) is 0 Å². The van der Waals surface area contributed by atoms with E-state index in [1.807, 2.05) is 118 Å². The van der Waals surface area contributed by atoms with Gasteiger partial charge in [-0.1, -0.05) is 90.8 Å². The Labute approximate surface area is 643 Å². The Balaban J connectivity index is 0.000000134. The van der Waals surface area contributed by atoms with Crippen LogP contribution in [0.15, 0.2) is 241 Å². The van der Waals surface area contributed by atoms with Gasteiger partial charge < -0.3 is 20.9 Å². The van der Waals surface area contributed by atoms with Crippen molar-refractivity contribution in [1.82, 2.24) is 114 Å². The number of nitrogens with zero attached hydrogens (tertiary/aromatic N) is 18. The molecule has 0 spiro atoms. The van der Waals surface area contributed by atoms with Gasteiger partial charge in [-0.05, 0) is 132 Å². The van der Waals surface area contributed by atoms with Crippen molar-refractivity contribution in [2.24, 2.45) is 14.1 Å². The number of fused-ring (bicyclic) bond motifs is 6. The van der Waals surface area contributed by atoms with E-state index in [9.17, 15) is 24.0 Å². The van der Waals surface area contributed by atoms with Crippen LogP contribution in [0.5, 0.6) is 0 Å². The maximum Gasteiger partial charge on any atom is 0.267 e. The summed E-state index contributed by atoms with van der Waals surface area (Å²) >= 11 is 0. The molecule has 5 aromatic carbocycles. The van der Waals surface area contributed by atoms with E-state index in [0.29, 0.717) is 123 Å². The number of benzene rings is 5. The van der Waals surface area contributed by atoms with E-state index in [-0.39, 0.29) is 34.5 Å². The van der Waals surface area contributed by atoms with Gasteiger partial charge in [-0.3, -0.25) is 57.5 Å². The third-order valence-corrected chi connectivity index (χ3v) is 18.3. The Bertz CT molecular complexity index is 6970. The van der Waals surface area contributed by atoms with Crippen LogP contribution >= 0.6 is 0 Å². The zero-order valence-corrected chi connectivity index (χ0v) is 61.8. The first kappa shape index (κ1) is 72.7. The molecule has 28 heteroatoms. The molecule has 17 rings (SSSR count). The minimum absolute atomic E-state index is 0.199. The van der Waals surface area contributed by atoms with Gasteiger partial charge in [0.05, 0.1) is 103 Å². The molecule has 0 fully saturated rings. The Morgan fingerprint density at radius 2 is 0.991 bits per heavy atom. The summed E-state index contributed by atoms with van der Waals surface area (Å²) in [6.07, 6.45) is 20.5. The molecule has 5 N–H and O–H groups in total. The molecule has 0 saturated heterocycles. The number of aromatic nitrogens is 20. The highest BCUT2D eigenvalue weighted by Gasteiger charge is 2.27. The van der Waals surface area contributed by atoms with E-state index in [2.05, 4.69) is 119 Å². The summed E-state index contributed by atoms with van der Waals surface area (Å²) in [6, 6.07) is 42.4. The second-order valence-corrected chi connectivity index (χ2v) is 26.2. The summed E-state index contributed by atoms with van der Waals surface area (Å²) in [7, 11) is 3.65. The van der Waals surface area contributed by atoms with Gasteiger partial charge >= 0.3 is 0 Å². The minimum Gasteiger partial charge on any atom is -0.375 e. The van der Waals surface area contributed by atoms with E-state index < -0.39 is 12.1 Å². The predicted octanol–water partition coefficient (Wildman–Crippen LogP) is 10.0. The fourth-order valence-electron chi connectivity index (χ4n) is 13.0. The van der Waals surface area contributed by atoms with Gasteiger partial charge in [0.1, 0.15) is 34.3 Å². The van der Waals surface area contributed by atoms with Crippen LogP contribution in [0.25, 0.3) is 72.0 Å². The number of amides is 2. The maximum absolute atomic E-state index is 14.2. The van der Waals surface area contributed by atoms with Crippen LogP contribution in [0.4, 0.5) is 0 Å². The third kappa shape index (κ3) is 15.1. The first-order chi connectivity index (χ1) is 54.9. The van der Waals surface area contributed by atoms with Crippen molar-refractivity contribution in [3.05, 3.63) is 337 Å². The first-order valence-electron chi connectivity index (χ1n) is 35.5. The summed E-state index contributed by atoms with van der Waals surface area (Å²) in [5.74, 6) is 18.9. The fourth-order valence-corrected chi connectivity index (χ4v) is 13.0. The van der Waals surface area contributed by atoms with Crippen molar-refractivity contribution in [3.8, 4) is 46.9 Å². The van der Waals surface area contributed by atoms with Gasteiger partial charge in [0.15, 0.2) is 11.3 Å². The molecular weight excluding hydrogens is 1420 g/mol. The predicted molar refractivity (Wildman–Crippen MR) is 427 cm³/mol. The summed E-state index contributed by atoms with van der Waals surface area (Å²) in [5, 5.41) is 35.2. The molecule has 0 aliphatic rings. The van der Waals surface area contributed by atoms with Crippen molar-refractivity contribution < 1.29 is 9.59 Å². The second kappa shape index (κ2) is 31.5. The van der Waals surface area contributed by atoms with E-state index in [0.717, 1.165) is 27.6 Å². The molecule has 12 aromatic heterocycles. The van der Waals surface area contributed by atoms with Crippen molar-refractivity contribution in [3.63, 3.8) is 0 Å². The zero-order chi connectivity index (χ0) is 78.4. The largest absolute Gasteiger partial charge is 0.375 e. The number of hydrogen-bond acceptors (Lipinski definition) is 18. The topological polar surface area (TPSA) is 336 Å². The molecular formula is C85H67N23O5. The highest BCUT2D eigenvalue weighted by atomic mass is 16.2. The third-order valence-electron chi connectivity index (χ3n) is 18.3. The SMILES string of the molecule is C=C(N[C@@H](C)c1nc2cccc(C#Cc3cnn(C)c3)c2c(=O)n1-c1ccccc1)c1cncc2cccnc12.Cc1nn2cccnc2c1C(=O)N[C@@H](C)c1nc2cccc(C#Cc3ccn[nH]3)c2c(=O)n1-c1ccccc1.Cc1nn2cccnc2c1C(=O)N[C@@H](C)c1nc2cccc(C#Cc3cnn(C)c3)c2c(=O)[nH]1. The van der Waals surface area contributed by atoms with Crippen LogP contribution in [0.2, 0.25) is 0 Å². The number of hydrogen-bond donors (Lipinski definition) is 5. The van der Waals surface area contributed by atoms with Gasteiger partial charge in [0.25, 0.3) is 28.5 Å². The van der Waals surface area contributed by atoms with Crippen molar-refractivity contribution in [2.45, 2.75) is 52.7 Å². The van der Waals surface area contributed by atoms with Crippen molar-refractivity contribution >= 4 is 72.4 Å². The summed E-state index contributed by atoms with van der Waals surface area (Å²) in [6.45, 7) is 13.3. The number of H-pyrrole nitrogens is 2. The van der Waals surface area contributed by atoms with Crippen LogP contribution in [-0.4, -0.2) is 110 Å². The highest BCUT2D eigenvalue weighted by molar-refractivity contribution is 6.02. The number of pyridine rings is 2. The van der Waals surface area contributed by atoms with Crippen LogP contribution in [0.3, 0.4) is 0 Å². The number of para-hydroxylation sites is 2. The lowest BCUT2D eigenvalue weighted by Crippen LogP contribution is -2.33. The summed E-state index contributed by atoms with van der Waals surface area (Å²) < 4.78 is 9.63. The number of aryl methyl sites for hydroxylation is 4. The van der Waals surface area contributed by atoms with E-state index in [1.165, 1.54) is 4.57 Å². The first-order valence-corrected chi connectivity index (χ1v) is 35.5. The van der Waals surface area contributed by atoms with Gasteiger partial charge in [0, 0.05) is 109 Å². The monoisotopic (exact) mass is 1490 g/mol. The molecule has 0 radical (unpaired) electrons. The Hall–Kier alpha value is -15.9. The van der Waals surface area contributed by atoms with Crippen LogP contribution in [-0.2, 0) is 14.1 Å². The van der Waals surface area contributed by atoms with E-state index in [1.54, 1.807) is 173 Å². The molecule has 3 atom stereocenters. The van der Waals surface area contributed by atoms with Gasteiger partial charge in [-0.25, -0.2) is 34.0 Å². The normalized spacial score (nSPS) is 11.7. The molecule has 17 aromatic rings. The van der Waals surface area contributed by atoms with Crippen molar-refractivity contribution in [1.29, 1.82) is 0 Å². The Morgan fingerprint density at radius 3 is 1.50 bits per heavy atom. The standard InChI is InChI=1S/C32H25N7O.C29H22N8O2.C24H20N8O2/c1-21(27-19-33-18-25-10-8-16-34-30(25)27)36-22(2)31-37-28-13-7-9-24(15-14-23-17-35-38(3)20-23)29(28)32(40)39(31)26-11-5-4-6-12-26;1-18-24(27-30-15-7-17-36(27)35-18)28(38)32-19(2)26-33-23-11-6-8-20(12-13-21-14-16-31-34-21)25(23)29(39)37(26)22-9-4-3-5-10-22;1-14-19(22-25-10-5-11-32(22)30-14)23(33)27-15(2)21-28-18-7-4-6-17(20(18)24(34)29-21)9-8-16-12-26-31(3)13-16/h4-13,16-20,22,36H,1H2,2-3H3;3-11,14-17,19H,1-2H3,(H,31,34)(H,32,38);4-7,10-13,15H,1-3H3,(H,27,33)(H,28,29,34)/t22-;19-;15-/m000/s1. The quantitative estimate of drug-likeness (QED) is 0.0710. The lowest BCUT2D eigenvalue weighted by molar-refractivity contribution is 0.0930. The Morgan fingerprint density at radius 1 is 0.496 bits per heavy atom. The summed E-state index contributed by atoms with van der Waals surface area (Å²) in [4.78, 5) is 102. The molecule has 552 valence electrons. The van der Waals surface area contributed by atoms with Gasteiger partial charge in [0.2, 0.25) is 0 Å². The number of aromatic amines is 2. The molecule has 12 heterocycles. The molecule has 0 aliphatic heterocycles. The Kier molecular flexibility index (Phi) is 20.3. The molecule has 0 aliphatic carbocycles. The average Bonchev–Trinajstić information content (AvgIpc) is 1.67. The second-order valence-electron chi connectivity index (χ2n) is 26.2. The molecule has 0 bridgehead atoms. The number of nitrogens with one attached hydrogen (secondary N) is 5.